The van der Waals surface area contributed by atoms with Crippen LogP contribution in [-0.2, 0) is 4.74 Å². The SMILES string of the molecule is CN(C)C(=N)OC1CCCC/C1=C\c1ccccc1. The molecule has 3 nitrogen and oxygen atoms in total. The minimum atomic E-state index is 0.0591. The van der Waals surface area contributed by atoms with Crippen LogP contribution >= 0.6 is 0 Å². The van der Waals surface area contributed by atoms with Crippen molar-refractivity contribution < 1.29 is 4.74 Å². The molecule has 3 heteroatoms. The van der Waals surface area contributed by atoms with Crippen LogP contribution in [0.15, 0.2) is 35.9 Å². The Kier molecular flexibility index (Phi) is 4.61. The van der Waals surface area contributed by atoms with Crippen LogP contribution in [0.5, 0.6) is 0 Å². The number of benzene rings is 1. The van der Waals surface area contributed by atoms with Gasteiger partial charge in [0, 0.05) is 14.1 Å². The van der Waals surface area contributed by atoms with Gasteiger partial charge in [-0.2, -0.15) is 0 Å². The second-order valence-electron chi connectivity index (χ2n) is 5.18. The van der Waals surface area contributed by atoms with Crippen molar-refractivity contribution in [3.05, 3.63) is 41.5 Å². The molecule has 0 saturated heterocycles. The molecular weight excluding hydrogens is 236 g/mol. The molecule has 1 aliphatic carbocycles. The Balaban J connectivity index is 2.12. The van der Waals surface area contributed by atoms with Gasteiger partial charge in [-0.1, -0.05) is 36.4 Å². The average molecular weight is 258 g/mol. The fourth-order valence-corrected chi connectivity index (χ4v) is 2.31. The van der Waals surface area contributed by atoms with Crippen molar-refractivity contribution in [3.8, 4) is 0 Å². The van der Waals surface area contributed by atoms with E-state index in [2.05, 4.69) is 18.2 Å². The van der Waals surface area contributed by atoms with Crippen molar-refractivity contribution in [2.75, 3.05) is 14.1 Å². The molecule has 1 atom stereocenters. The topological polar surface area (TPSA) is 36.3 Å². The van der Waals surface area contributed by atoms with Crippen LogP contribution in [0.4, 0.5) is 0 Å². The molecule has 1 aromatic carbocycles. The molecule has 0 amide bonds. The van der Waals surface area contributed by atoms with E-state index in [9.17, 15) is 0 Å². The highest BCUT2D eigenvalue weighted by Crippen LogP contribution is 2.28. The van der Waals surface area contributed by atoms with E-state index in [4.69, 9.17) is 10.1 Å². The van der Waals surface area contributed by atoms with Crippen LogP contribution in [0, 0.1) is 5.41 Å². The van der Waals surface area contributed by atoms with E-state index in [0.717, 1.165) is 12.8 Å². The summed E-state index contributed by atoms with van der Waals surface area (Å²) in [5.74, 6) is 0. The first kappa shape index (κ1) is 13.7. The lowest BCUT2D eigenvalue weighted by molar-refractivity contribution is 0.162. The van der Waals surface area contributed by atoms with Crippen LogP contribution in [0.3, 0.4) is 0 Å². The maximum atomic E-state index is 7.83. The molecule has 1 unspecified atom stereocenters. The molecule has 0 heterocycles. The van der Waals surface area contributed by atoms with Crippen molar-refractivity contribution in [2.24, 2.45) is 0 Å². The quantitative estimate of drug-likeness (QED) is 0.651. The zero-order valence-electron chi connectivity index (χ0n) is 11.7. The normalized spacial score (nSPS) is 21.2. The second-order valence-corrected chi connectivity index (χ2v) is 5.18. The summed E-state index contributed by atoms with van der Waals surface area (Å²) in [6.07, 6.45) is 6.75. The Bertz CT molecular complexity index is 451. The molecule has 1 aliphatic rings. The summed E-state index contributed by atoms with van der Waals surface area (Å²) in [5, 5.41) is 7.83. The van der Waals surface area contributed by atoms with E-state index >= 15 is 0 Å². The Hall–Kier alpha value is -1.77. The van der Waals surface area contributed by atoms with Gasteiger partial charge in [0.15, 0.2) is 0 Å². The van der Waals surface area contributed by atoms with E-state index in [1.54, 1.807) is 4.90 Å². The van der Waals surface area contributed by atoms with E-state index in [0.29, 0.717) is 0 Å². The smallest absolute Gasteiger partial charge is 0.284 e. The third-order valence-electron chi connectivity index (χ3n) is 3.41. The van der Waals surface area contributed by atoms with Gasteiger partial charge < -0.3 is 9.64 Å². The number of hydrogen-bond donors (Lipinski definition) is 1. The first-order chi connectivity index (χ1) is 9.16. The van der Waals surface area contributed by atoms with Gasteiger partial charge in [-0.25, -0.2) is 0 Å². The molecule has 102 valence electrons. The summed E-state index contributed by atoms with van der Waals surface area (Å²) in [7, 11) is 3.68. The fraction of sp³-hybridized carbons (Fsp3) is 0.438. The number of amidine groups is 1. The molecule has 1 aromatic rings. The lowest BCUT2D eigenvalue weighted by Crippen LogP contribution is -2.31. The number of nitrogens with one attached hydrogen (secondary N) is 1. The monoisotopic (exact) mass is 258 g/mol. The Labute approximate surface area is 115 Å². The van der Waals surface area contributed by atoms with Crippen molar-refractivity contribution in [3.63, 3.8) is 0 Å². The van der Waals surface area contributed by atoms with Gasteiger partial charge in [-0.3, -0.25) is 5.41 Å². The Morgan fingerprint density at radius 2 is 2.00 bits per heavy atom. The molecule has 0 aromatic heterocycles. The van der Waals surface area contributed by atoms with Crippen molar-refractivity contribution >= 4 is 12.1 Å². The number of nitrogens with zero attached hydrogens (tertiary/aromatic N) is 1. The summed E-state index contributed by atoms with van der Waals surface area (Å²) in [6.45, 7) is 0. The second kappa shape index (κ2) is 6.41. The lowest BCUT2D eigenvalue weighted by Gasteiger charge is -2.28. The van der Waals surface area contributed by atoms with E-state index in [1.807, 2.05) is 32.3 Å². The molecule has 1 saturated carbocycles. The van der Waals surface area contributed by atoms with Gasteiger partial charge in [0.1, 0.15) is 6.10 Å². The highest BCUT2D eigenvalue weighted by Gasteiger charge is 2.22. The van der Waals surface area contributed by atoms with Gasteiger partial charge >= 0.3 is 0 Å². The summed E-state index contributed by atoms with van der Waals surface area (Å²) < 4.78 is 5.78. The van der Waals surface area contributed by atoms with Crippen LogP contribution < -0.4 is 0 Å². The maximum Gasteiger partial charge on any atom is 0.284 e. The molecule has 0 radical (unpaired) electrons. The van der Waals surface area contributed by atoms with Gasteiger partial charge in [0.05, 0.1) is 0 Å². The van der Waals surface area contributed by atoms with Crippen LogP contribution in [-0.4, -0.2) is 31.1 Å². The van der Waals surface area contributed by atoms with E-state index < -0.39 is 0 Å². The Morgan fingerprint density at radius 1 is 1.26 bits per heavy atom. The van der Waals surface area contributed by atoms with Crippen molar-refractivity contribution in [1.82, 2.24) is 4.90 Å². The molecule has 19 heavy (non-hydrogen) atoms. The third-order valence-corrected chi connectivity index (χ3v) is 3.41. The van der Waals surface area contributed by atoms with Crippen LogP contribution in [0.1, 0.15) is 31.2 Å². The van der Waals surface area contributed by atoms with Gasteiger partial charge in [-0.15, -0.1) is 0 Å². The van der Waals surface area contributed by atoms with Gasteiger partial charge in [-0.05, 0) is 36.8 Å². The third kappa shape index (κ3) is 3.85. The van der Waals surface area contributed by atoms with Gasteiger partial charge in [0.2, 0.25) is 0 Å². The van der Waals surface area contributed by atoms with Crippen molar-refractivity contribution in [1.29, 1.82) is 5.41 Å². The number of ether oxygens (including phenoxy) is 1. The zero-order chi connectivity index (χ0) is 13.7. The highest BCUT2D eigenvalue weighted by atomic mass is 16.5. The predicted molar refractivity (Wildman–Crippen MR) is 79.2 cm³/mol. The molecule has 2 rings (SSSR count). The molecule has 1 N–H and O–H groups in total. The summed E-state index contributed by atoms with van der Waals surface area (Å²) >= 11 is 0. The Morgan fingerprint density at radius 3 is 2.68 bits per heavy atom. The molecular formula is C16H22N2O. The number of hydrogen-bond acceptors (Lipinski definition) is 2. The first-order valence-electron chi connectivity index (χ1n) is 6.85. The number of rotatable bonds is 2. The summed E-state index contributed by atoms with van der Waals surface area (Å²) in [4.78, 5) is 1.70. The maximum absolute atomic E-state index is 7.83. The average Bonchev–Trinajstić information content (AvgIpc) is 2.42. The molecule has 0 aliphatic heterocycles. The zero-order valence-corrected chi connectivity index (χ0v) is 11.7. The first-order valence-corrected chi connectivity index (χ1v) is 6.85. The minimum Gasteiger partial charge on any atom is -0.457 e. The standard InChI is InChI=1S/C16H22N2O/c1-18(2)16(17)19-15-11-7-6-10-14(15)12-13-8-4-3-5-9-13/h3-5,8-9,12,15,17H,6-7,10-11H2,1-2H3/b14-12+,17-16?. The molecule has 1 fully saturated rings. The largest absolute Gasteiger partial charge is 0.457 e. The van der Waals surface area contributed by atoms with Crippen molar-refractivity contribution in [2.45, 2.75) is 31.8 Å². The molecule has 0 spiro atoms. The summed E-state index contributed by atoms with van der Waals surface area (Å²) in [6, 6.07) is 10.6. The van der Waals surface area contributed by atoms with E-state index in [-0.39, 0.29) is 12.1 Å². The van der Waals surface area contributed by atoms with Gasteiger partial charge in [0.25, 0.3) is 6.02 Å². The van der Waals surface area contributed by atoms with E-state index in [1.165, 1.54) is 24.0 Å². The minimum absolute atomic E-state index is 0.0591. The lowest BCUT2D eigenvalue weighted by atomic mass is 9.90. The predicted octanol–water partition coefficient (Wildman–Crippen LogP) is 3.53. The fourth-order valence-electron chi connectivity index (χ4n) is 2.31. The van der Waals surface area contributed by atoms with Crippen LogP contribution in [0.2, 0.25) is 0 Å². The summed E-state index contributed by atoms with van der Waals surface area (Å²) in [5.41, 5.74) is 2.52. The molecule has 0 bridgehead atoms. The van der Waals surface area contributed by atoms with Crippen LogP contribution in [0.25, 0.3) is 6.08 Å². The highest BCUT2D eigenvalue weighted by molar-refractivity contribution is 5.70.